The van der Waals surface area contributed by atoms with Crippen molar-refractivity contribution < 1.29 is 17.9 Å². The van der Waals surface area contributed by atoms with Crippen LogP contribution in [0, 0.1) is 0 Å². The van der Waals surface area contributed by atoms with Crippen molar-refractivity contribution in [2.45, 2.75) is 19.4 Å². The highest BCUT2D eigenvalue weighted by Gasteiger charge is 2.32. The molecule has 0 saturated carbocycles. The van der Waals surface area contributed by atoms with Gasteiger partial charge in [-0.1, -0.05) is 17.7 Å². The zero-order chi connectivity index (χ0) is 18.2. The molecule has 1 atom stereocenters. The van der Waals surface area contributed by atoms with Gasteiger partial charge in [-0.25, -0.2) is 8.42 Å². The van der Waals surface area contributed by atoms with E-state index in [4.69, 9.17) is 16.3 Å². The van der Waals surface area contributed by atoms with Crippen LogP contribution in [0.5, 0.6) is 5.75 Å². The predicted molar refractivity (Wildman–Crippen MR) is 98.2 cm³/mol. The molecule has 5 nitrogen and oxygen atoms in total. The van der Waals surface area contributed by atoms with Gasteiger partial charge in [0, 0.05) is 16.6 Å². The lowest BCUT2D eigenvalue weighted by atomic mass is 10.0. The largest absolute Gasteiger partial charge is 0.485 e. The molecule has 0 amide bonds. The SMILES string of the molecule is C[C@H]1Cc2cc(C(=O)COc3cccc(Cl)c3)ccc2N1S(C)(=O)=O. The number of Topliss-reactive ketones (excluding diaryl/α,β-unsaturated/α-hetero) is 1. The Balaban J connectivity index is 1.76. The van der Waals surface area contributed by atoms with E-state index >= 15 is 0 Å². The lowest BCUT2D eigenvalue weighted by molar-refractivity contribution is 0.0921. The number of nitrogens with zero attached hydrogens (tertiary/aromatic N) is 1. The minimum absolute atomic E-state index is 0.107. The van der Waals surface area contributed by atoms with Crippen molar-refractivity contribution in [1.82, 2.24) is 0 Å². The highest BCUT2D eigenvalue weighted by Crippen LogP contribution is 2.34. The van der Waals surface area contributed by atoms with Crippen LogP contribution >= 0.6 is 11.6 Å². The van der Waals surface area contributed by atoms with E-state index in [0.717, 1.165) is 5.56 Å². The van der Waals surface area contributed by atoms with Gasteiger partial charge in [0.2, 0.25) is 10.0 Å². The van der Waals surface area contributed by atoms with Crippen LogP contribution in [0.3, 0.4) is 0 Å². The van der Waals surface area contributed by atoms with Gasteiger partial charge in [0.05, 0.1) is 11.9 Å². The lowest BCUT2D eigenvalue weighted by Gasteiger charge is -2.21. The van der Waals surface area contributed by atoms with Crippen molar-refractivity contribution in [2.24, 2.45) is 0 Å². The molecule has 0 aromatic heterocycles. The Labute approximate surface area is 152 Å². The molecule has 0 aliphatic carbocycles. The first-order chi connectivity index (χ1) is 11.8. The van der Waals surface area contributed by atoms with Crippen LogP contribution in [0.15, 0.2) is 42.5 Å². The smallest absolute Gasteiger partial charge is 0.232 e. The van der Waals surface area contributed by atoms with Crippen molar-refractivity contribution in [3.8, 4) is 5.75 Å². The van der Waals surface area contributed by atoms with E-state index in [0.29, 0.717) is 28.4 Å². The number of ketones is 1. The zero-order valence-electron chi connectivity index (χ0n) is 13.9. The summed E-state index contributed by atoms with van der Waals surface area (Å²) in [6.45, 7) is 1.75. The predicted octanol–water partition coefficient (Wildman–Crippen LogP) is 3.31. The lowest BCUT2D eigenvalue weighted by Crippen LogP contribution is -2.34. The van der Waals surface area contributed by atoms with Gasteiger partial charge < -0.3 is 4.74 Å². The number of sulfonamides is 1. The second-order valence-electron chi connectivity index (χ2n) is 6.12. The summed E-state index contributed by atoms with van der Waals surface area (Å²) in [5.41, 5.74) is 2.00. The van der Waals surface area contributed by atoms with Crippen molar-refractivity contribution in [2.75, 3.05) is 17.2 Å². The topological polar surface area (TPSA) is 63.7 Å². The molecule has 0 fully saturated rings. The first-order valence-corrected chi connectivity index (χ1v) is 10.0. The second-order valence-corrected chi connectivity index (χ2v) is 8.42. The number of anilines is 1. The quantitative estimate of drug-likeness (QED) is 0.747. The van der Waals surface area contributed by atoms with Gasteiger partial charge in [0.25, 0.3) is 0 Å². The highest BCUT2D eigenvalue weighted by atomic mass is 35.5. The van der Waals surface area contributed by atoms with E-state index in [2.05, 4.69) is 0 Å². The maximum atomic E-state index is 12.4. The van der Waals surface area contributed by atoms with Crippen LogP contribution in [0.1, 0.15) is 22.8 Å². The summed E-state index contributed by atoms with van der Waals surface area (Å²) in [4.78, 5) is 12.4. The normalized spacial score (nSPS) is 16.6. The minimum Gasteiger partial charge on any atom is -0.485 e. The minimum atomic E-state index is -3.34. The molecule has 2 aromatic rings. The number of halogens is 1. The van der Waals surface area contributed by atoms with E-state index in [1.165, 1.54) is 10.6 Å². The first-order valence-electron chi connectivity index (χ1n) is 7.79. The summed E-state index contributed by atoms with van der Waals surface area (Å²) < 4.78 is 30.8. The van der Waals surface area contributed by atoms with E-state index in [-0.39, 0.29) is 18.4 Å². The molecule has 0 saturated heterocycles. The van der Waals surface area contributed by atoms with Gasteiger partial charge in [-0.3, -0.25) is 9.10 Å². The fraction of sp³-hybridized carbons (Fsp3) is 0.278. The van der Waals surface area contributed by atoms with Crippen LogP contribution in [-0.2, 0) is 16.4 Å². The van der Waals surface area contributed by atoms with Crippen molar-refractivity contribution in [3.63, 3.8) is 0 Å². The third-order valence-corrected chi connectivity index (χ3v) is 5.58. The standard InChI is InChI=1S/C18H18ClNO4S/c1-12-8-14-9-13(6-7-17(14)20(12)25(2,22)23)18(21)11-24-16-5-3-4-15(19)10-16/h3-7,9-10,12H,8,11H2,1-2H3/t12-/m0/s1. The molecule has 0 spiro atoms. The highest BCUT2D eigenvalue weighted by molar-refractivity contribution is 7.92. The molecule has 0 radical (unpaired) electrons. The Hall–Kier alpha value is -2.05. The summed E-state index contributed by atoms with van der Waals surface area (Å²) in [7, 11) is -3.34. The van der Waals surface area contributed by atoms with Crippen LogP contribution in [0.2, 0.25) is 5.02 Å². The molecule has 3 rings (SSSR count). The summed E-state index contributed by atoms with van der Waals surface area (Å²) in [5, 5.41) is 0.539. The number of carbonyl (C=O) groups is 1. The van der Waals surface area contributed by atoms with Crippen LogP contribution in [0.4, 0.5) is 5.69 Å². The molecule has 132 valence electrons. The number of hydrogen-bond donors (Lipinski definition) is 0. The average molecular weight is 380 g/mol. The van der Waals surface area contributed by atoms with E-state index in [9.17, 15) is 13.2 Å². The van der Waals surface area contributed by atoms with Gasteiger partial charge in [-0.2, -0.15) is 0 Å². The van der Waals surface area contributed by atoms with Crippen LogP contribution < -0.4 is 9.04 Å². The van der Waals surface area contributed by atoms with Gasteiger partial charge in [-0.05, 0) is 55.3 Å². The Bertz CT molecular complexity index is 926. The molecule has 0 bridgehead atoms. The number of rotatable bonds is 5. The van der Waals surface area contributed by atoms with E-state index in [1.807, 2.05) is 6.92 Å². The summed E-state index contributed by atoms with van der Waals surface area (Å²) in [6.07, 6.45) is 1.77. The molecule has 1 aliphatic rings. The Morgan fingerprint density at radius 1 is 1.28 bits per heavy atom. The Morgan fingerprint density at radius 2 is 2.04 bits per heavy atom. The molecule has 2 aromatic carbocycles. The number of benzene rings is 2. The molecular formula is C18H18ClNO4S. The molecule has 1 aliphatic heterocycles. The maximum absolute atomic E-state index is 12.4. The Morgan fingerprint density at radius 3 is 2.72 bits per heavy atom. The third-order valence-electron chi connectivity index (χ3n) is 4.08. The fourth-order valence-electron chi connectivity index (χ4n) is 3.07. The third kappa shape index (κ3) is 3.80. The van der Waals surface area contributed by atoms with Gasteiger partial charge in [0.15, 0.2) is 12.4 Å². The summed E-state index contributed by atoms with van der Waals surface area (Å²) >= 11 is 5.89. The second kappa shape index (κ2) is 6.69. The van der Waals surface area contributed by atoms with Crippen LogP contribution in [0.25, 0.3) is 0 Å². The van der Waals surface area contributed by atoms with Crippen LogP contribution in [-0.4, -0.2) is 33.1 Å². The molecule has 7 heteroatoms. The zero-order valence-corrected chi connectivity index (χ0v) is 15.5. The molecule has 25 heavy (non-hydrogen) atoms. The van der Waals surface area contributed by atoms with E-state index < -0.39 is 10.0 Å². The van der Waals surface area contributed by atoms with Crippen molar-refractivity contribution in [1.29, 1.82) is 0 Å². The number of carbonyl (C=O) groups excluding carboxylic acids is 1. The number of hydrogen-bond acceptors (Lipinski definition) is 4. The fourth-order valence-corrected chi connectivity index (χ4v) is 4.51. The Kier molecular flexibility index (Phi) is 4.75. The average Bonchev–Trinajstić information content (AvgIpc) is 2.87. The number of fused-ring (bicyclic) bond motifs is 1. The van der Waals surface area contributed by atoms with Gasteiger partial charge in [-0.15, -0.1) is 0 Å². The van der Waals surface area contributed by atoms with Gasteiger partial charge in [0.1, 0.15) is 5.75 Å². The summed E-state index contributed by atoms with van der Waals surface area (Å²) in [6, 6.07) is 11.8. The van der Waals surface area contributed by atoms with Crippen molar-refractivity contribution >= 4 is 33.1 Å². The monoisotopic (exact) mass is 379 g/mol. The summed E-state index contributed by atoms with van der Waals surface area (Å²) in [5.74, 6) is 0.354. The van der Waals surface area contributed by atoms with Gasteiger partial charge >= 0.3 is 0 Å². The number of ether oxygens (including phenoxy) is 1. The molecular weight excluding hydrogens is 362 g/mol. The van der Waals surface area contributed by atoms with E-state index in [1.54, 1.807) is 42.5 Å². The molecule has 0 unspecified atom stereocenters. The first kappa shape index (κ1) is 17.8. The maximum Gasteiger partial charge on any atom is 0.232 e. The molecule has 1 heterocycles. The molecule has 0 N–H and O–H groups in total. The van der Waals surface area contributed by atoms with Crippen molar-refractivity contribution in [3.05, 3.63) is 58.6 Å².